The molecule has 1 fully saturated rings. The van der Waals surface area contributed by atoms with E-state index in [9.17, 15) is 0 Å². The molecule has 2 rings (SSSR count). The van der Waals surface area contributed by atoms with Crippen molar-refractivity contribution >= 4 is 38.9 Å². The number of halogens is 2. The van der Waals surface area contributed by atoms with E-state index in [1.54, 1.807) is 11.3 Å². The van der Waals surface area contributed by atoms with Gasteiger partial charge < -0.3 is 10.6 Å². The molecule has 2 N–H and O–H groups in total. The minimum Gasteiger partial charge on any atom is -0.329 e. The van der Waals surface area contributed by atoms with E-state index >= 15 is 0 Å². The first kappa shape index (κ1) is 13.8. The molecule has 0 spiro atoms. The molecule has 1 unspecified atom stereocenters. The maximum Gasteiger partial charge on any atom is 0.107 e. The van der Waals surface area contributed by atoms with Gasteiger partial charge in [0.05, 0.1) is 6.04 Å². The highest BCUT2D eigenvalue weighted by Crippen LogP contribution is 2.37. The third-order valence-electron chi connectivity index (χ3n) is 3.19. The van der Waals surface area contributed by atoms with Crippen LogP contribution in [0.5, 0.6) is 0 Å². The number of hydrogen-bond donors (Lipinski definition) is 1. The Morgan fingerprint density at radius 1 is 1.47 bits per heavy atom. The average Bonchev–Trinajstić information content (AvgIpc) is 2.63. The summed E-state index contributed by atoms with van der Waals surface area (Å²) in [6.07, 6.45) is 0. The first-order valence-corrected chi connectivity index (χ1v) is 7.68. The van der Waals surface area contributed by atoms with Crippen LogP contribution in [-0.4, -0.2) is 49.6 Å². The van der Waals surface area contributed by atoms with Gasteiger partial charge in [-0.2, -0.15) is 0 Å². The number of likely N-dealkylation sites (N-methyl/N-ethyl adjacent to an activating group) is 1. The third-order valence-corrected chi connectivity index (χ3v) is 5.77. The predicted octanol–water partition coefficient (Wildman–Crippen LogP) is 2.41. The van der Waals surface area contributed by atoms with Gasteiger partial charge in [-0.25, -0.2) is 0 Å². The minimum absolute atomic E-state index is 0.303. The maximum atomic E-state index is 6.10. The molecule has 1 atom stereocenters. The molecule has 96 valence electrons. The number of nitrogens with two attached hydrogens (primary N) is 1. The van der Waals surface area contributed by atoms with E-state index in [1.165, 1.54) is 4.88 Å². The number of hydrogen-bond acceptors (Lipinski definition) is 4. The van der Waals surface area contributed by atoms with Crippen LogP contribution >= 0.6 is 38.9 Å². The summed E-state index contributed by atoms with van der Waals surface area (Å²) in [5.74, 6) is 0. The Labute approximate surface area is 120 Å². The largest absolute Gasteiger partial charge is 0.329 e. The zero-order chi connectivity index (χ0) is 12.4. The van der Waals surface area contributed by atoms with E-state index < -0.39 is 0 Å². The van der Waals surface area contributed by atoms with Crippen molar-refractivity contribution in [2.75, 3.05) is 39.8 Å². The molecule has 1 saturated heterocycles. The van der Waals surface area contributed by atoms with Gasteiger partial charge in [-0.1, -0.05) is 11.6 Å². The quantitative estimate of drug-likeness (QED) is 0.918. The van der Waals surface area contributed by atoms with Gasteiger partial charge >= 0.3 is 0 Å². The van der Waals surface area contributed by atoms with Crippen molar-refractivity contribution < 1.29 is 0 Å². The Morgan fingerprint density at radius 3 is 2.59 bits per heavy atom. The highest BCUT2D eigenvalue weighted by Gasteiger charge is 2.24. The fourth-order valence-electron chi connectivity index (χ4n) is 2.11. The van der Waals surface area contributed by atoms with Crippen LogP contribution in [-0.2, 0) is 0 Å². The summed E-state index contributed by atoms with van der Waals surface area (Å²) in [5, 5.41) is 0. The van der Waals surface area contributed by atoms with Crippen LogP contribution in [0.2, 0.25) is 4.34 Å². The van der Waals surface area contributed by atoms with E-state index in [0.29, 0.717) is 12.6 Å². The molecule has 0 aliphatic carbocycles. The predicted molar refractivity (Wildman–Crippen MR) is 77.9 cm³/mol. The second-order valence-electron chi connectivity index (χ2n) is 4.36. The molecule has 0 radical (unpaired) electrons. The molecule has 1 aliphatic rings. The van der Waals surface area contributed by atoms with Gasteiger partial charge in [0.2, 0.25) is 0 Å². The molecular weight excluding hydrogens is 322 g/mol. The molecule has 1 aliphatic heterocycles. The van der Waals surface area contributed by atoms with E-state index in [2.05, 4.69) is 38.8 Å². The first-order valence-electron chi connectivity index (χ1n) is 5.69. The summed E-state index contributed by atoms with van der Waals surface area (Å²) in [5.41, 5.74) is 5.92. The fourth-order valence-corrected chi connectivity index (χ4v) is 3.99. The van der Waals surface area contributed by atoms with Crippen LogP contribution in [0, 0.1) is 0 Å². The SMILES string of the molecule is CN1CCN(C(CN)c2cc(Br)c(Cl)s2)CC1. The summed E-state index contributed by atoms with van der Waals surface area (Å²) >= 11 is 11.2. The van der Waals surface area contributed by atoms with E-state index in [0.717, 1.165) is 35.0 Å². The Morgan fingerprint density at radius 2 is 2.12 bits per heavy atom. The lowest BCUT2D eigenvalue weighted by atomic mass is 10.2. The molecule has 6 heteroatoms. The zero-order valence-electron chi connectivity index (χ0n) is 9.83. The van der Waals surface area contributed by atoms with Crippen LogP contribution in [0.4, 0.5) is 0 Å². The summed E-state index contributed by atoms with van der Waals surface area (Å²) in [4.78, 5) is 6.06. The highest BCUT2D eigenvalue weighted by molar-refractivity contribution is 9.10. The molecule has 1 aromatic rings. The number of nitrogens with zero attached hydrogens (tertiary/aromatic N) is 2. The lowest BCUT2D eigenvalue weighted by molar-refractivity contribution is 0.116. The molecule has 0 amide bonds. The van der Waals surface area contributed by atoms with Crippen LogP contribution in [0.3, 0.4) is 0 Å². The van der Waals surface area contributed by atoms with Gasteiger partial charge in [0, 0.05) is 42.1 Å². The Kier molecular flexibility index (Phi) is 4.86. The summed E-state index contributed by atoms with van der Waals surface area (Å²) in [7, 11) is 2.16. The molecular formula is C11H17BrClN3S. The topological polar surface area (TPSA) is 32.5 Å². The highest BCUT2D eigenvalue weighted by atomic mass is 79.9. The smallest absolute Gasteiger partial charge is 0.107 e. The molecule has 3 nitrogen and oxygen atoms in total. The Bertz CT molecular complexity index is 357. The van der Waals surface area contributed by atoms with E-state index in [-0.39, 0.29) is 0 Å². The average molecular weight is 339 g/mol. The van der Waals surface area contributed by atoms with Crippen LogP contribution in [0.25, 0.3) is 0 Å². The fraction of sp³-hybridized carbons (Fsp3) is 0.636. The molecule has 2 heterocycles. The summed E-state index contributed by atoms with van der Waals surface area (Å²) in [6, 6.07) is 2.40. The first-order chi connectivity index (χ1) is 8.11. The molecule has 0 bridgehead atoms. The van der Waals surface area contributed by atoms with E-state index in [1.807, 2.05) is 0 Å². The normalized spacial score (nSPS) is 20.7. The molecule has 17 heavy (non-hydrogen) atoms. The maximum absolute atomic E-state index is 6.10. The van der Waals surface area contributed by atoms with Crippen molar-refractivity contribution in [1.82, 2.24) is 9.80 Å². The lowest BCUT2D eigenvalue weighted by Crippen LogP contribution is -2.47. The number of piperazine rings is 1. The van der Waals surface area contributed by atoms with Crippen molar-refractivity contribution in [3.8, 4) is 0 Å². The van der Waals surface area contributed by atoms with Crippen LogP contribution in [0.15, 0.2) is 10.5 Å². The summed E-state index contributed by atoms with van der Waals surface area (Å²) < 4.78 is 1.79. The zero-order valence-corrected chi connectivity index (χ0v) is 13.0. The van der Waals surface area contributed by atoms with Crippen molar-refractivity contribution in [3.63, 3.8) is 0 Å². The second-order valence-corrected chi connectivity index (χ2v) is 6.90. The lowest BCUT2D eigenvalue weighted by Gasteiger charge is -2.37. The second kappa shape index (κ2) is 5.99. The Balaban J connectivity index is 2.10. The van der Waals surface area contributed by atoms with Gasteiger partial charge in [0.25, 0.3) is 0 Å². The molecule has 0 saturated carbocycles. The van der Waals surface area contributed by atoms with Crippen LogP contribution in [0.1, 0.15) is 10.9 Å². The van der Waals surface area contributed by atoms with Gasteiger partial charge in [-0.3, -0.25) is 4.90 Å². The van der Waals surface area contributed by atoms with Crippen molar-refractivity contribution in [1.29, 1.82) is 0 Å². The van der Waals surface area contributed by atoms with Gasteiger partial charge in [0.15, 0.2) is 0 Å². The van der Waals surface area contributed by atoms with Gasteiger partial charge in [-0.15, -0.1) is 11.3 Å². The molecule has 1 aromatic heterocycles. The number of thiophene rings is 1. The number of rotatable bonds is 3. The van der Waals surface area contributed by atoms with Crippen LogP contribution < -0.4 is 5.73 Å². The monoisotopic (exact) mass is 337 g/mol. The van der Waals surface area contributed by atoms with Gasteiger partial charge in [-0.05, 0) is 29.0 Å². The van der Waals surface area contributed by atoms with Crippen molar-refractivity contribution in [2.24, 2.45) is 5.73 Å². The van der Waals surface area contributed by atoms with Gasteiger partial charge in [0.1, 0.15) is 4.34 Å². The van der Waals surface area contributed by atoms with Crippen molar-refractivity contribution in [3.05, 3.63) is 19.8 Å². The standard InChI is InChI=1S/C11H17BrClN3S/c1-15-2-4-16(5-3-15)9(7-14)10-6-8(12)11(13)17-10/h6,9H,2-5,7,14H2,1H3. The van der Waals surface area contributed by atoms with E-state index in [4.69, 9.17) is 17.3 Å². The van der Waals surface area contributed by atoms with Crippen molar-refractivity contribution in [2.45, 2.75) is 6.04 Å². The summed E-state index contributed by atoms with van der Waals surface area (Å²) in [6.45, 7) is 5.01. The molecule has 0 aromatic carbocycles. The third kappa shape index (κ3) is 3.22. The Hall–Kier alpha value is 0.350. The minimum atomic E-state index is 0.303.